The van der Waals surface area contributed by atoms with Gasteiger partial charge >= 0.3 is 12.1 Å². The van der Waals surface area contributed by atoms with E-state index in [1.165, 1.54) is 10.9 Å². The van der Waals surface area contributed by atoms with Gasteiger partial charge in [-0.05, 0) is 26.8 Å². The number of carboxylic acids is 1. The molecule has 1 aromatic heterocycles. The van der Waals surface area contributed by atoms with Gasteiger partial charge < -0.3 is 15.2 Å². The van der Waals surface area contributed by atoms with Crippen molar-refractivity contribution in [2.75, 3.05) is 6.26 Å². The van der Waals surface area contributed by atoms with Crippen LogP contribution in [-0.4, -0.2) is 49.1 Å². The molecule has 1 aromatic rings. The second-order valence-electron chi connectivity index (χ2n) is 5.79. The number of amides is 1. The van der Waals surface area contributed by atoms with Gasteiger partial charge in [0.2, 0.25) is 0 Å². The molecule has 0 radical (unpaired) electrons. The molecule has 0 aromatic carbocycles. The first kappa shape index (κ1) is 18.1. The molecule has 0 aliphatic heterocycles. The Kier molecular flexibility index (Phi) is 5.70. The summed E-state index contributed by atoms with van der Waals surface area (Å²) in [5, 5.41) is 16.1. The van der Waals surface area contributed by atoms with Crippen LogP contribution in [0.4, 0.5) is 4.79 Å². The fourth-order valence-corrected chi connectivity index (χ4v) is 2.45. The average molecular weight is 331 g/mol. The predicted molar refractivity (Wildman–Crippen MR) is 80.0 cm³/mol. The quantitative estimate of drug-likeness (QED) is 0.821. The number of ether oxygens (including phenoxy) is 1. The van der Waals surface area contributed by atoms with Crippen molar-refractivity contribution in [3.63, 3.8) is 0 Å². The molecule has 0 spiro atoms. The Morgan fingerprint density at radius 1 is 1.50 bits per heavy atom. The third-order valence-corrected chi connectivity index (χ3v) is 3.56. The van der Waals surface area contributed by atoms with Crippen molar-refractivity contribution in [3.05, 3.63) is 11.8 Å². The first-order valence-electron chi connectivity index (χ1n) is 6.58. The van der Waals surface area contributed by atoms with E-state index in [-0.39, 0.29) is 6.42 Å². The molecule has 0 bridgehead atoms. The summed E-state index contributed by atoms with van der Waals surface area (Å²) in [4.78, 5) is 22.9. The number of aromatic nitrogens is 2. The van der Waals surface area contributed by atoms with Gasteiger partial charge in [-0.1, -0.05) is 0 Å². The Bertz CT molecular complexity index is 591. The van der Waals surface area contributed by atoms with E-state index in [4.69, 9.17) is 4.74 Å². The van der Waals surface area contributed by atoms with E-state index in [9.17, 15) is 18.9 Å². The number of aliphatic carboxylic acids is 1. The minimum Gasteiger partial charge on any atom is -0.480 e. The topological polar surface area (TPSA) is 111 Å². The van der Waals surface area contributed by atoms with Crippen LogP contribution in [0.1, 0.15) is 26.5 Å². The summed E-state index contributed by atoms with van der Waals surface area (Å²) in [7, 11) is 0.394. The summed E-state index contributed by atoms with van der Waals surface area (Å²) in [6.07, 6.45) is 0.670. The summed E-state index contributed by atoms with van der Waals surface area (Å²) in [5.41, 5.74) is -0.291. The lowest BCUT2D eigenvalue weighted by molar-refractivity contribution is -0.139. The van der Waals surface area contributed by atoms with Gasteiger partial charge in [-0.15, -0.1) is 0 Å². The molecular weight excluding hydrogens is 310 g/mol. The molecule has 1 unspecified atom stereocenters. The Labute approximate surface area is 131 Å². The number of aryl methyl sites for hydroxylation is 1. The van der Waals surface area contributed by atoms with Crippen molar-refractivity contribution in [1.82, 2.24) is 15.1 Å². The van der Waals surface area contributed by atoms with E-state index in [0.29, 0.717) is 10.7 Å². The summed E-state index contributed by atoms with van der Waals surface area (Å²) in [6, 6.07) is 0.380. The molecule has 0 saturated carbocycles. The highest BCUT2D eigenvalue weighted by atomic mass is 32.2. The van der Waals surface area contributed by atoms with Crippen LogP contribution in [0, 0.1) is 0 Å². The lowest BCUT2D eigenvalue weighted by Gasteiger charge is -2.21. The van der Waals surface area contributed by atoms with Gasteiger partial charge in [0.25, 0.3) is 0 Å². The molecule has 0 fully saturated rings. The maximum absolute atomic E-state index is 11.7. The zero-order chi connectivity index (χ0) is 17.1. The number of nitrogens with one attached hydrogen (secondary N) is 1. The molecule has 9 heteroatoms. The number of carbonyl (C=O) groups is 2. The second-order valence-corrected chi connectivity index (χ2v) is 7.12. The number of carboxylic acid groups (broad SMARTS) is 1. The van der Waals surface area contributed by atoms with Crippen LogP contribution < -0.4 is 5.32 Å². The minimum absolute atomic E-state index is 0.0282. The van der Waals surface area contributed by atoms with Gasteiger partial charge in [0, 0.05) is 19.7 Å². The Morgan fingerprint density at radius 3 is 2.50 bits per heavy atom. The highest BCUT2D eigenvalue weighted by Crippen LogP contribution is 2.11. The van der Waals surface area contributed by atoms with Gasteiger partial charge in [0.05, 0.1) is 16.5 Å². The maximum Gasteiger partial charge on any atom is 0.408 e. The highest BCUT2D eigenvalue weighted by Gasteiger charge is 2.25. The Balaban J connectivity index is 2.81. The predicted octanol–water partition coefficient (Wildman–Crippen LogP) is 0.678. The average Bonchev–Trinajstić information content (AvgIpc) is 2.66. The lowest BCUT2D eigenvalue weighted by Crippen LogP contribution is -2.44. The Hall–Kier alpha value is -1.90. The number of alkyl carbamates (subject to hydrolysis) is 1. The summed E-state index contributed by atoms with van der Waals surface area (Å²) >= 11 is 0. The summed E-state index contributed by atoms with van der Waals surface area (Å²) in [5.74, 6) is -1.20. The van der Waals surface area contributed by atoms with Crippen molar-refractivity contribution in [2.45, 2.75) is 43.9 Å². The fraction of sp³-hybridized carbons (Fsp3) is 0.615. The monoisotopic (exact) mass is 331 g/mol. The van der Waals surface area contributed by atoms with Crippen LogP contribution in [0.5, 0.6) is 0 Å². The molecule has 22 heavy (non-hydrogen) atoms. The molecular formula is C13H21N3O5S. The second kappa shape index (κ2) is 6.91. The van der Waals surface area contributed by atoms with Crippen LogP contribution in [0.3, 0.4) is 0 Å². The lowest BCUT2D eigenvalue weighted by atomic mass is 10.1. The van der Waals surface area contributed by atoms with E-state index < -0.39 is 34.5 Å². The van der Waals surface area contributed by atoms with Crippen molar-refractivity contribution in [3.8, 4) is 0 Å². The van der Waals surface area contributed by atoms with Crippen LogP contribution >= 0.6 is 0 Å². The number of rotatable bonds is 5. The fourth-order valence-electron chi connectivity index (χ4n) is 1.73. The standard InChI is InChI=1S/C13H21N3O5S/c1-13(2,3)21-12(19)14-9(11(17)18)6-8-7-10(22(5)20)16(4)15-8/h7,9H,6H2,1-5H3,(H,14,19)(H,17,18)/t9?,22-/m0/s1. The molecule has 1 rings (SSSR count). The van der Waals surface area contributed by atoms with E-state index in [1.807, 2.05) is 0 Å². The Morgan fingerprint density at radius 2 is 2.09 bits per heavy atom. The van der Waals surface area contributed by atoms with Crippen molar-refractivity contribution < 1.29 is 23.6 Å². The van der Waals surface area contributed by atoms with Gasteiger partial charge in [-0.2, -0.15) is 5.10 Å². The van der Waals surface area contributed by atoms with Crippen LogP contribution in [0.15, 0.2) is 11.1 Å². The van der Waals surface area contributed by atoms with Crippen molar-refractivity contribution in [1.29, 1.82) is 0 Å². The number of hydrogen-bond donors (Lipinski definition) is 2. The van der Waals surface area contributed by atoms with Gasteiger partial charge in [-0.25, -0.2) is 9.59 Å². The van der Waals surface area contributed by atoms with Crippen LogP contribution in [0.2, 0.25) is 0 Å². The van der Waals surface area contributed by atoms with E-state index in [0.717, 1.165) is 0 Å². The SMILES string of the molecule is Cn1nc(CC(NC(=O)OC(C)(C)C)C(=O)O)cc1[S@](C)=O. The van der Waals surface area contributed by atoms with E-state index in [1.54, 1.807) is 33.9 Å². The largest absolute Gasteiger partial charge is 0.480 e. The van der Waals surface area contributed by atoms with E-state index >= 15 is 0 Å². The van der Waals surface area contributed by atoms with Gasteiger partial charge in [-0.3, -0.25) is 8.89 Å². The molecule has 0 saturated heterocycles. The third-order valence-electron chi connectivity index (χ3n) is 2.58. The van der Waals surface area contributed by atoms with Crippen molar-refractivity contribution >= 4 is 22.9 Å². The molecule has 8 nitrogen and oxygen atoms in total. The maximum atomic E-state index is 11.7. The highest BCUT2D eigenvalue weighted by molar-refractivity contribution is 7.84. The third kappa shape index (κ3) is 5.47. The number of hydrogen-bond acceptors (Lipinski definition) is 5. The molecule has 2 atom stereocenters. The molecule has 1 heterocycles. The zero-order valence-electron chi connectivity index (χ0n) is 13.2. The molecule has 0 aliphatic rings. The van der Waals surface area contributed by atoms with Crippen LogP contribution in [-0.2, 0) is 33.8 Å². The first-order valence-corrected chi connectivity index (χ1v) is 8.14. The first-order chi connectivity index (χ1) is 9.99. The summed E-state index contributed by atoms with van der Waals surface area (Å²) < 4.78 is 17.9. The summed E-state index contributed by atoms with van der Waals surface area (Å²) in [6.45, 7) is 5.05. The normalized spacial score (nSPS) is 14.2. The molecule has 1 amide bonds. The molecule has 0 aliphatic carbocycles. The zero-order valence-corrected chi connectivity index (χ0v) is 14.1. The van der Waals surface area contributed by atoms with Gasteiger partial charge in [0.15, 0.2) is 0 Å². The number of nitrogens with zero attached hydrogens (tertiary/aromatic N) is 2. The molecule has 124 valence electrons. The smallest absolute Gasteiger partial charge is 0.408 e. The minimum atomic E-state index is -1.23. The van der Waals surface area contributed by atoms with Gasteiger partial charge in [0.1, 0.15) is 16.7 Å². The molecule has 2 N–H and O–H groups in total. The van der Waals surface area contributed by atoms with Crippen LogP contribution in [0.25, 0.3) is 0 Å². The van der Waals surface area contributed by atoms with E-state index in [2.05, 4.69) is 10.4 Å². The number of carbonyl (C=O) groups excluding carboxylic acids is 1. The van der Waals surface area contributed by atoms with Crippen molar-refractivity contribution in [2.24, 2.45) is 7.05 Å².